The maximum atomic E-state index is 12.3. The van der Waals surface area contributed by atoms with Gasteiger partial charge >= 0.3 is 6.18 Å². The highest BCUT2D eigenvalue weighted by atomic mass is 79.9. The smallest absolute Gasteiger partial charge is 0.411 e. The first-order valence-corrected chi connectivity index (χ1v) is 4.93. The molecule has 0 N–H and O–H groups in total. The SMILES string of the molecule is FC(F)(F)c1ccc(-c2nnc(Br)o2)cc1. The van der Waals surface area contributed by atoms with Crippen molar-refractivity contribution in [3.63, 3.8) is 0 Å². The number of nitrogens with zero attached hydrogens (tertiary/aromatic N) is 2. The number of halogens is 4. The number of rotatable bonds is 1. The standard InChI is InChI=1S/C9H4BrF3N2O/c10-8-15-14-7(16-8)5-1-3-6(4-2-5)9(11,12)13/h1-4H. The highest BCUT2D eigenvalue weighted by molar-refractivity contribution is 9.10. The Balaban J connectivity index is 2.33. The summed E-state index contributed by atoms with van der Waals surface area (Å²) >= 11 is 2.96. The number of hydrogen-bond acceptors (Lipinski definition) is 3. The average molecular weight is 293 g/mol. The molecule has 0 aliphatic heterocycles. The predicted octanol–water partition coefficient (Wildman–Crippen LogP) is 3.52. The number of aromatic nitrogens is 2. The molecule has 0 aliphatic carbocycles. The lowest BCUT2D eigenvalue weighted by Crippen LogP contribution is -2.03. The number of hydrogen-bond donors (Lipinski definition) is 0. The first-order valence-electron chi connectivity index (χ1n) is 4.13. The molecule has 16 heavy (non-hydrogen) atoms. The molecule has 0 atom stereocenters. The molecule has 2 rings (SSSR count). The zero-order valence-electron chi connectivity index (χ0n) is 7.62. The summed E-state index contributed by atoms with van der Waals surface area (Å²) in [4.78, 5) is 0.183. The van der Waals surface area contributed by atoms with E-state index in [9.17, 15) is 13.2 Å². The van der Waals surface area contributed by atoms with E-state index in [1.54, 1.807) is 0 Å². The Hall–Kier alpha value is -1.37. The first-order chi connectivity index (χ1) is 7.47. The number of benzene rings is 1. The molecule has 0 unspecified atom stereocenters. The fourth-order valence-corrected chi connectivity index (χ4v) is 1.36. The van der Waals surface area contributed by atoms with Crippen LogP contribution in [0, 0.1) is 0 Å². The van der Waals surface area contributed by atoms with Crippen LogP contribution < -0.4 is 0 Å². The molecule has 3 nitrogen and oxygen atoms in total. The molecule has 0 spiro atoms. The van der Waals surface area contributed by atoms with Gasteiger partial charge in [0.2, 0.25) is 5.89 Å². The third-order valence-electron chi connectivity index (χ3n) is 1.86. The molecule has 0 saturated carbocycles. The highest BCUT2D eigenvalue weighted by Crippen LogP contribution is 2.30. The van der Waals surface area contributed by atoms with Gasteiger partial charge in [0.1, 0.15) is 0 Å². The Bertz CT molecular complexity index is 492. The molecule has 84 valence electrons. The first kappa shape index (κ1) is 11.1. The van der Waals surface area contributed by atoms with Crippen molar-refractivity contribution in [2.24, 2.45) is 0 Å². The van der Waals surface area contributed by atoms with E-state index in [0.29, 0.717) is 5.56 Å². The van der Waals surface area contributed by atoms with E-state index in [-0.39, 0.29) is 10.7 Å². The van der Waals surface area contributed by atoms with Gasteiger partial charge in [-0.3, -0.25) is 0 Å². The molecular weight excluding hydrogens is 289 g/mol. The van der Waals surface area contributed by atoms with Gasteiger partial charge in [0, 0.05) is 21.5 Å². The van der Waals surface area contributed by atoms with Gasteiger partial charge < -0.3 is 4.42 Å². The van der Waals surface area contributed by atoms with Crippen LogP contribution in [0.3, 0.4) is 0 Å². The number of alkyl halides is 3. The van der Waals surface area contributed by atoms with Gasteiger partial charge in [-0.15, -0.1) is 10.2 Å². The molecule has 0 saturated heterocycles. The molecule has 7 heteroatoms. The molecule has 1 aromatic heterocycles. The van der Waals surface area contributed by atoms with Gasteiger partial charge in [-0.25, -0.2) is 0 Å². The van der Waals surface area contributed by atoms with E-state index >= 15 is 0 Å². The zero-order valence-corrected chi connectivity index (χ0v) is 9.21. The molecule has 0 radical (unpaired) electrons. The summed E-state index contributed by atoms with van der Waals surface area (Å²) in [6.07, 6.45) is -4.34. The van der Waals surface area contributed by atoms with Crippen LogP contribution in [0.15, 0.2) is 33.5 Å². The van der Waals surface area contributed by atoms with Crippen molar-refractivity contribution in [1.82, 2.24) is 10.2 Å². The minimum atomic E-state index is -4.34. The van der Waals surface area contributed by atoms with Gasteiger partial charge in [0.15, 0.2) is 0 Å². The minimum absolute atomic E-state index is 0.167. The Morgan fingerprint density at radius 1 is 1.06 bits per heavy atom. The molecule has 2 aromatic rings. The summed E-state index contributed by atoms with van der Waals surface area (Å²) in [5, 5.41) is 7.18. The molecule has 1 aromatic carbocycles. The summed E-state index contributed by atoms with van der Waals surface area (Å²) in [7, 11) is 0. The van der Waals surface area contributed by atoms with Crippen LogP contribution >= 0.6 is 15.9 Å². The Kier molecular flexibility index (Phi) is 2.71. The van der Waals surface area contributed by atoms with Crippen LogP contribution in [0.1, 0.15) is 5.56 Å². The molecule has 0 fully saturated rings. The van der Waals surface area contributed by atoms with Crippen molar-refractivity contribution in [1.29, 1.82) is 0 Å². The van der Waals surface area contributed by atoms with Gasteiger partial charge in [-0.2, -0.15) is 13.2 Å². The van der Waals surface area contributed by atoms with Gasteiger partial charge in [0.05, 0.1) is 5.56 Å². The van der Waals surface area contributed by atoms with Crippen molar-refractivity contribution in [3.05, 3.63) is 34.6 Å². The maximum Gasteiger partial charge on any atom is 0.416 e. The van der Waals surface area contributed by atoms with Crippen molar-refractivity contribution >= 4 is 15.9 Å². The van der Waals surface area contributed by atoms with Crippen molar-refractivity contribution in [2.75, 3.05) is 0 Å². The van der Waals surface area contributed by atoms with Crippen LogP contribution in [-0.4, -0.2) is 10.2 Å². The summed E-state index contributed by atoms with van der Waals surface area (Å²) in [6.45, 7) is 0. The largest absolute Gasteiger partial charge is 0.416 e. The third-order valence-corrected chi connectivity index (χ3v) is 2.18. The molecule has 0 amide bonds. The molecule has 0 bridgehead atoms. The second-order valence-electron chi connectivity index (χ2n) is 2.94. The lowest BCUT2D eigenvalue weighted by atomic mass is 10.1. The topological polar surface area (TPSA) is 38.9 Å². The fraction of sp³-hybridized carbons (Fsp3) is 0.111. The van der Waals surface area contributed by atoms with Gasteiger partial charge in [-0.05, 0) is 24.3 Å². The lowest BCUT2D eigenvalue weighted by Gasteiger charge is -2.05. The minimum Gasteiger partial charge on any atom is -0.411 e. The monoisotopic (exact) mass is 292 g/mol. The summed E-state index contributed by atoms with van der Waals surface area (Å²) < 4.78 is 41.8. The predicted molar refractivity (Wildman–Crippen MR) is 52.4 cm³/mol. The van der Waals surface area contributed by atoms with Crippen LogP contribution in [0.5, 0.6) is 0 Å². The van der Waals surface area contributed by atoms with Gasteiger partial charge in [0.25, 0.3) is 4.80 Å². The van der Waals surface area contributed by atoms with E-state index in [2.05, 4.69) is 26.1 Å². The third kappa shape index (κ3) is 2.24. The summed E-state index contributed by atoms with van der Waals surface area (Å²) in [5.74, 6) is 0.167. The highest BCUT2D eigenvalue weighted by Gasteiger charge is 2.30. The van der Waals surface area contributed by atoms with Crippen LogP contribution in [0.4, 0.5) is 13.2 Å². The van der Waals surface area contributed by atoms with E-state index in [4.69, 9.17) is 4.42 Å². The van der Waals surface area contributed by atoms with E-state index in [0.717, 1.165) is 12.1 Å². The molecule has 1 heterocycles. The maximum absolute atomic E-state index is 12.3. The van der Waals surface area contributed by atoms with Crippen molar-refractivity contribution in [3.8, 4) is 11.5 Å². The van der Waals surface area contributed by atoms with Crippen LogP contribution in [0.2, 0.25) is 0 Å². The lowest BCUT2D eigenvalue weighted by molar-refractivity contribution is -0.137. The summed E-state index contributed by atoms with van der Waals surface area (Å²) in [5.41, 5.74) is -0.277. The average Bonchev–Trinajstić information content (AvgIpc) is 2.64. The molecule has 0 aliphatic rings. The fourth-order valence-electron chi connectivity index (χ4n) is 1.12. The quantitative estimate of drug-likeness (QED) is 0.807. The van der Waals surface area contributed by atoms with Crippen LogP contribution in [0.25, 0.3) is 11.5 Å². The van der Waals surface area contributed by atoms with Crippen molar-refractivity contribution in [2.45, 2.75) is 6.18 Å². The zero-order chi connectivity index (χ0) is 11.8. The van der Waals surface area contributed by atoms with Gasteiger partial charge in [-0.1, -0.05) is 0 Å². The summed E-state index contributed by atoms with van der Waals surface area (Å²) in [6, 6.07) is 4.49. The Labute approximate surface area is 96.4 Å². The van der Waals surface area contributed by atoms with Crippen LogP contribution in [-0.2, 0) is 6.18 Å². The van der Waals surface area contributed by atoms with E-state index in [1.807, 2.05) is 0 Å². The normalized spacial score (nSPS) is 11.8. The van der Waals surface area contributed by atoms with E-state index < -0.39 is 11.7 Å². The van der Waals surface area contributed by atoms with Crippen molar-refractivity contribution < 1.29 is 17.6 Å². The van der Waals surface area contributed by atoms with E-state index in [1.165, 1.54) is 12.1 Å². The Morgan fingerprint density at radius 3 is 2.12 bits per heavy atom. The second kappa shape index (κ2) is 3.89. The second-order valence-corrected chi connectivity index (χ2v) is 3.61. The Morgan fingerprint density at radius 2 is 1.69 bits per heavy atom. The molecular formula is C9H4BrF3N2O.